The summed E-state index contributed by atoms with van der Waals surface area (Å²) in [6.45, 7) is 2.08. The molecule has 0 aromatic heterocycles. The molecule has 1 aliphatic rings. The molecule has 3 atom stereocenters. The molecule has 1 N–H and O–H groups in total. The molecule has 3 unspecified atom stereocenters. The van der Waals surface area contributed by atoms with E-state index in [4.69, 9.17) is 14.6 Å². The maximum atomic E-state index is 12.7. The second-order valence-electron chi connectivity index (χ2n) is 5.77. The number of amides is 1. The van der Waals surface area contributed by atoms with Crippen LogP contribution in [-0.2, 0) is 14.3 Å². The SMILES string of the molecule is COC1CC(CC(=O)O)N(C(=O)C(C)Oc2ccc(SC)cc2)C1. The van der Waals surface area contributed by atoms with Crippen molar-refractivity contribution < 1.29 is 24.2 Å². The van der Waals surface area contributed by atoms with E-state index in [1.165, 1.54) is 0 Å². The zero-order valence-corrected chi connectivity index (χ0v) is 14.9. The van der Waals surface area contributed by atoms with Crippen molar-refractivity contribution in [1.82, 2.24) is 4.90 Å². The number of rotatable bonds is 7. The topological polar surface area (TPSA) is 76.1 Å². The summed E-state index contributed by atoms with van der Waals surface area (Å²) in [7, 11) is 1.57. The van der Waals surface area contributed by atoms with Gasteiger partial charge in [-0.15, -0.1) is 11.8 Å². The first-order valence-corrected chi connectivity index (χ1v) is 9.02. The molecule has 132 valence electrons. The van der Waals surface area contributed by atoms with Crippen molar-refractivity contribution in [3.05, 3.63) is 24.3 Å². The molecule has 2 rings (SSSR count). The third kappa shape index (κ3) is 4.64. The van der Waals surface area contributed by atoms with Gasteiger partial charge in [0.2, 0.25) is 0 Å². The Morgan fingerprint density at radius 2 is 2.04 bits per heavy atom. The molecule has 0 bridgehead atoms. The number of ether oxygens (including phenoxy) is 2. The van der Waals surface area contributed by atoms with Gasteiger partial charge >= 0.3 is 5.97 Å². The van der Waals surface area contributed by atoms with Crippen LogP contribution in [0.15, 0.2) is 29.2 Å². The van der Waals surface area contributed by atoms with Crippen LogP contribution in [-0.4, -0.2) is 60.0 Å². The van der Waals surface area contributed by atoms with E-state index in [0.29, 0.717) is 18.7 Å². The summed E-state index contributed by atoms with van der Waals surface area (Å²) in [6.07, 6.45) is 1.62. The number of thioether (sulfide) groups is 1. The average Bonchev–Trinajstić information content (AvgIpc) is 2.97. The van der Waals surface area contributed by atoms with Gasteiger partial charge in [0, 0.05) is 24.6 Å². The number of aliphatic carboxylic acids is 1. The predicted molar refractivity (Wildman–Crippen MR) is 91.5 cm³/mol. The maximum Gasteiger partial charge on any atom is 0.305 e. The first kappa shape index (κ1) is 18.6. The standard InChI is InChI=1S/C17H23NO5S/c1-11(23-13-4-6-15(24-3)7-5-13)17(21)18-10-14(22-2)8-12(18)9-16(19)20/h4-7,11-12,14H,8-10H2,1-3H3,(H,19,20). The molecule has 1 saturated heterocycles. The Labute approximate surface area is 146 Å². The highest BCUT2D eigenvalue weighted by molar-refractivity contribution is 7.98. The lowest BCUT2D eigenvalue weighted by molar-refractivity contribution is -0.142. The quantitative estimate of drug-likeness (QED) is 0.758. The van der Waals surface area contributed by atoms with Gasteiger partial charge in [0.25, 0.3) is 5.91 Å². The molecular weight excluding hydrogens is 330 g/mol. The normalized spacial score (nSPS) is 21.5. The smallest absolute Gasteiger partial charge is 0.305 e. The minimum absolute atomic E-state index is 0.0826. The number of likely N-dealkylation sites (tertiary alicyclic amines) is 1. The summed E-state index contributed by atoms with van der Waals surface area (Å²) in [5, 5.41) is 9.04. The second kappa shape index (κ2) is 8.39. The number of benzene rings is 1. The molecule has 1 aromatic rings. The van der Waals surface area contributed by atoms with E-state index >= 15 is 0 Å². The minimum atomic E-state index is -0.921. The van der Waals surface area contributed by atoms with Gasteiger partial charge in [-0.05, 0) is 43.9 Å². The van der Waals surface area contributed by atoms with Crippen molar-refractivity contribution in [2.75, 3.05) is 19.9 Å². The maximum absolute atomic E-state index is 12.7. The zero-order valence-electron chi connectivity index (χ0n) is 14.1. The van der Waals surface area contributed by atoms with Crippen LogP contribution in [0.3, 0.4) is 0 Å². The van der Waals surface area contributed by atoms with E-state index in [0.717, 1.165) is 4.90 Å². The molecule has 1 amide bonds. The van der Waals surface area contributed by atoms with E-state index in [2.05, 4.69) is 0 Å². The summed E-state index contributed by atoms with van der Waals surface area (Å²) in [6, 6.07) is 7.16. The average molecular weight is 353 g/mol. The van der Waals surface area contributed by atoms with Crippen LogP contribution in [0.25, 0.3) is 0 Å². The third-order valence-electron chi connectivity index (χ3n) is 4.12. The van der Waals surface area contributed by atoms with Crippen LogP contribution in [0, 0.1) is 0 Å². The molecule has 0 radical (unpaired) electrons. The van der Waals surface area contributed by atoms with Crippen LogP contribution in [0.4, 0.5) is 0 Å². The molecule has 24 heavy (non-hydrogen) atoms. The van der Waals surface area contributed by atoms with E-state index in [1.807, 2.05) is 30.5 Å². The monoisotopic (exact) mass is 353 g/mol. The van der Waals surface area contributed by atoms with Crippen LogP contribution >= 0.6 is 11.8 Å². The molecule has 0 aliphatic carbocycles. The lowest BCUT2D eigenvalue weighted by atomic mass is 10.1. The van der Waals surface area contributed by atoms with Gasteiger partial charge in [0.05, 0.1) is 12.5 Å². The van der Waals surface area contributed by atoms with Gasteiger partial charge in [-0.3, -0.25) is 9.59 Å². The summed E-state index contributed by atoms with van der Waals surface area (Å²) in [5.41, 5.74) is 0. The van der Waals surface area contributed by atoms with Crippen LogP contribution in [0.5, 0.6) is 5.75 Å². The summed E-state index contributed by atoms with van der Waals surface area (Å²) in [4.78, 5) is 26.4. The van der Waals surface area contributed by atoms with E-state index in [-0.39, 0.29) is 24.5 Å². The summed E-state index contributed by atoms with van der Waals surface area (Å²) < 4.78 is 11.0. The molecule has 1 heterocycles. The Kier molecular flexibility index (Phi) is 6.51. The van der Waals surface area contributed by atoms with Gasteiger partial charge in [-0.25, -0.2) is 0 Å². The van der Waals surface area contributed by atoms with Crippen molar-refractivity contribution in [1.29, 1.82) is 0 Å². The fraction of sp³-hybridized carbons (Fsp3) is 0.529. The van der Waals surface area contributed by atoms with Crippen molar-refractivity contribution in [2.24, 2.45) is 0 Å². The number of nitrogens with zero attached hydrogens (tertiary/aromatic N) is 1. The molecule has 0 spiro atoms. The van der Waals surface area contributed by atoms with Gasteiger partial charge in [-0.1, -0.05) is 0 Å². The number of hydrogen-bond donors (Lipinski definition) is 1. The van der Waals surface area contributed by atoms with E-state index in [9.17, 15) is 9.59 Å². The lowest BCUT2D eigenvalue weighted by Crippen LogP contribution is -2.44. The zero-order chi connectivity index (χ0) is 17.7. The summed E-state index contributed by atoms with van der Waals surface area (Å²) in [5.74, 6) is -0.517. The third-order valence-corrected chi connectivity index (χ3v) is 4.87. The van der Waals surface area contributed by atoms with Gasteiger partial charge < -0.3 is 19.5 Å². The Morgan fingerprint density at radius 1 is 1.38 bits per heavy atom. The molecule has 0 saturated carbocycles. The van der Waals surface area contributed by atoms with Crippen LogP contribution in [0.1, 0.15) is 19.8 Å². The lowest BCUT2D eigenvalue weighted by Gasteiger charge is -2.26. The van der Waals surface area contributed by atoms with Crippen molar-refractivity contribution >= 4 is 23.6 Å². The molecule has 1 aliphatic heterocycles. The molecule has 6 nitrogen and oxygen atoms in total. The van der Waals surface area contributed by atoms with E-state index in [1.54, 1.807) is 30.7 Å². The minimum Gasteiger partial charge on any atom is -0.481 e. The van der Waals surface area contributed by atoms with Crippen molar-refractivity contribution in [2.45, 2.75) is 42.9 Å². The fourth-order valence-corrected chi connectivity index (χ4v) is 3.26. The van der Waals surface area contributed by atoms with Crippen LogP contribution in [0.2, 0.25) is 0 Å². The summed E-state index contributed by atoms with van der Waals surface area (Å²) >= 11 is 1.63. The van der Waals surface area contributed by atoms with Crippen molar-refractivity contribution in [3.8, 4) is 5.75 Å². The first-order chi connectivity index (χ1) is 11.4. The number of carbonyl (C=O) groups is 2. The largest absolute Gasteiger partial charge is 0.481 e. The van der Waals surface area contributed by atoms with Crippen molar-refractivity contribution in [3.63, 3.8) is 0 Å². The van der Waals surface area contributed by atoms with E-state index < -0.39 is 12.1 Å². The highest BCUT2D eigenvalue weighted by Crippen LogP contribution is 2.25. The molecule has 1 fully saturated rings. The Balaban J connectivity index is 2.02. The highest BCUT2D eigenvalue weighted by atomic mass is 32.2. The number of carboxylic acid groups (broad SMARTS) is 1. The number of carboxylic acids is 1. The van der Waals surface area contributed by atoms with Crippen LogP contribution < -0.4 is 4.74 Å². The number of carbonyl (C=O) groups excluding carboxylic acids is 1. The molecular formula is C17H23NO5S. The fourth-order valence-electron chi connectivity index (χ4n) is 2.85. The van der Waals surface area contributed by atoms with Gasteiger partial charge in [-0.2, -0.15) is 0 Å². The van der Waals surface area contributed by atoms with Gasteiger partial charge in [0.1, 0.15) is 5.75 Å². The van der Waals surface area contributed by atoms with Gasteiger partial charge in [0.15, 0.2) is 6.10 Å². The Morgan fingerprint density at radius 3 is 2.58 bits per heavy atom. The number of methoxy groups -OCH3 is 1. The second-order valence-corrected chi connectivity index (χ2v) is 6.65. The number of hydrogen-bond acceptors (Lipinski definition) is 5. The Bertz CT molecular complexity index is 577. The Hall–Kier alpha value is -1.73. The first-order valence-electron chi connectivity index (χ1n) is 7.80. The predicted octanol–water partition coefficient (Wildman–Crippen LogP) is 2.27. The molecule has 1 aromatic carbocycles. The molecule has 7 heteroatoms. The highest BCUT2D eigenvalue weighted by Gasteiger charge is 2.38.